The van der Waals surface area contributed by atoms with E-state index in [0.717, 1.165) is 30.4 Å². The summed E-state index contributed by atoms with van der Waals surface area (Å²) in [4.78, 5) is 4.80. The molecular weight excluding hydrogens is 501 g/mol. The lowest BCUT2D eigenvalue weighted by atomic mass is 10.1. The number of ether oxygens (including phenoxy) is 1. The topological polar surface area (TPSA) is 63.5 Å². The molecule has 0 amide bonds. The third-order valence-corrected chi connectivity index (χ3v) is 4.62. The van der Waals surface area contributed by atoms with Crippen molar-refractivity contribution in [3.05, 3.63) is 77.6 Å². The van der Waals surface area contributed by atoms with E-state index in [1.54, 1.807) is 0 Å². The molecule has 166 valence electrons. The predicted molar refractivity (Wildman–Crippen MR) is 138 cm³/mol. The average Bonchev–Trinajstić information content (AvgIpc) is 3.13. The minimum Gasteiger partial charge on any atom is -0.491 e. The van der Waals surface area contributed by atoms with Gasteiger partial charge in [0.15, 0.2) is 5.96 Å². The van der Waals surface area contributed by atoms with E-state index < -0.39 is 0 Å². The molecule has 2 N–H and O–H groups in total. The van der Waals surface area contributed by atoms with Crippen LogP contribution >= 0.6 is 24.0 Å². The van der Waals surface area contributed by atoms with Gasteiger partial charge in [-0.15, -0.1) is 24.0 Å². The maximum absolute atomic E-state index is 5.73. The Balaban J connectivity index is 0.00000341. The van der Waals surface area contributed by atoms with E-state index in [4.69, 9.17) is 9.73 Å². The number of hydrogen-bond acceptors (Lipinski definition) is 3. The number of hydrogen-bond donors (Lipinski definition) is 2. The van der Waals surface area contributed by atoms with Gasteiger partial charge in [0, 0.05) is 25.5 Å². The predicted octanol–water partition coefficient (Wildman–Crippen LogP) is 4.93. The second-order valence-corrected chi connectivity index (χ2v) is 7.61. The highest BCUT2D eigenvalue weighted by Gasteiger charge is 2.04. The fourth-order valence-electron chi connectivity index (χ4n) is 3.04. The van der Waals surface area contributed by atoms with E-state index >= 15 is 0 Å². The fourth-order valence-corrected chi connectivity index (χ4v) is 3.04. The molecule has 0 aliphatic heterocycles. The lowest BCUT2D eigenvalue weighted by Crippen LogP contribution is -2.32. The number of anilines is 1. The summed E-state index contributed by atoms with van der Waals surface area (Å²) < 4.78 is 7.55. The molecule has 0 fully saturated rings. The first-order valence-electron chi connectivity index (χ1n) is 10.3. The SMILES string of the molecule is Cc1ccccc1CN=C(NCCc1cnn(C)c1)Nc1ccc(OC(C)C)cc1.I. The third-order valence-electron chi connectivity index (χ3n) is 4.62. The van der Waals surface area contributed by atoms with Crippen LogP contribution in [0.1, 0.15) is 30.5 Å². The number of rotatable bonds is 8. The van der Waals surface area contributed by atoms with Crippen LogP contribution in [0.2, 0.25) is 0 Å². The van der Waals surface area contributed by atoms with Crippen LogP contribution in [-0.4, -0.2) is 28.4 Å². The van der Waals surface area contributed by atoms with E-state index in [9.17, 15) is 0 Å². The van der Waals surface area contributed by atoms with Gasteiger partial charge in [-0.1, -0.05) is 24.3 Å². The van der Waals surface area contributed by atoms with Crippen LogP contribution in [0.15, 0.2) is 65.9 Å². The average molecular weight is 533 g/mol. The molecule has 6 nitrogen and oxygen atoms in total. The van der Waals surface area contributed by atoms with Crippen molar-refractivity contribution in [3.8, 4) is 5.75 Å². The highest BCUT2D eigenvalue weighted by molar-refractivity contribution is 14.0. The maximum atomic E-state index is 5.73. The normalized spacial score (nSPS) is 11.2. The molecule has 0 saturated carbocycles. The minimum absolute atomic E-state index is 0. The summed E-state index contributed by atoms with van der Waals surface area (Å²) in [6, 6.07) is 16.3. The van der Waals surface area contributed by atoms with Crippen LogP contribution in [0.3, 0.4) is 0 Å². The summed E-state index contributed by atoms with van der Waals surface area (Å²) in [6.45, 7) is 7.54. The standard InChI is InChI=1S/C24H31N5O.HI/c1-18(2)30-23-11-9-22(10-12-23)28-24(25-14-13-20-15-27-29(4)17-20)26-16-21-8-6-5-7-19(21)3;/h5-12,15,17-18H,13-14,16H2,1-4H3,(H2,25,26,28);1H. The highest BCUT2D eigenvalue weighted by Crippen LogP contribution is 2.17. The molecule has 0 aliphatic rings. The summed E-state index contributed by atoms with van der Waals surface area (Å²) in [5, 5.41) is 11.1. The number of aryl methyl sites for hydroxylation is 2. The molecule has 0 spiro atoms. The Morgan fingerprint density at radius 1 is 1.13 bits per heavy atom. The van der Waals surface area contributed by atoms with Crippen molar-refractivity contribution in [2.24, 2.45) is 12.0 Å². The number of benzene rings is 2. The van der Waals surface area contributed by atoms with Crippen LogP contribution in [0.5, 0.6) is 5.75 Å². The van der Waals surface area contributed by atoms with Gasteiger partial charge in [-0.2, -0.15) is 5.10 Å². The molecular formula is C24H32IN5O. The van der Waals surface area contributed by atoms with E-state index in [1.165, 1.54) is 16.7 Å². The van der Waals surface area contributed by atoms with Gasteiger partial charge in [0.1, 0.15) is 5.75 Å². The zero-order valence-electron chi connectivity index (χ0n) is 18.6. The van der Waals surface area contributed by atoms with E-state index in [2.05, 4.69) is 40.9 Å². The van der Waals surface area contributed by atoms with Gasteiger partial charge in [-0.05, 0) is 68.1 Å². The van der Waals surface area contributed by atoms with E-state index in [1.807, 2.05) is 68.3 Å². The van der Waals surface area contributed by atoms with Crippen molar-refractivity contribution in [1.29, 1.82) is 0 Å². The molecule has 7 heteroatoms. The van der Waals surface area contributed by atoms with Crippen LogP contribution in [-0.2, 0) is 20.0 Å². The number of aliphatic imine (C=N–C) groups is 1. The van der Waals surface area contributed by atoms with E-state index in [-0.39, 0.29) is 30.1 Å². The molecule has 0 saturated heterocycles. The van der Waals surface area contributed by atoms with Gasteiger partial charge in [0.25, 0.3) is 0 Å². The molecule has 2 aromatic carbocycles. The first-order chi connectivity index (χ1) is 14.5. The Morgan fingerprint density at radius 2 is 1.87 bits per heavy atom. The van der Waals surface area contributed by atoms with Crippen LogP contribution in [0.25, 0.3) is 0 Å². The molecule has 3 rings (SSSR count). The Labute approximate surface area is 202 Å². The van der Waals surface area contributed by atoms with Crippen molar-refractivity contribution in [2.75, 3.05) is 11.9 Å². The van der Waals surface area contributed by atoms with Crippen molar-refractivity contribution in [3.63, 3.8) is 0 Å². The van der Waals surface area contributed by atoms with Gasteiger partial charge in [-0.25, -0.2) is 4.99 Å². The van der Waals surface area contributed by atoms with Gasteiger partial charge >= 0.3 is 0 Å². The minimum atomic E-state index is 0. The van der Waals surface area contributed by atoms with Crippen molar-refractivity contribution in [2.45, 2.75) is 39.8 Å². The summed E-state index contributed by atoms with van der Waals surface area (Å²) >= 11 is 0. The number of halogens is 1. The Kier molecular flexibility index (Phi) is 9.84. The van der Waals surface area contributed by atoms with Crippen molar-refractivity contribution >= 4 is 35.6 Å². The molecule has 0 atom stereocenters. The van der Waals surface area contributed by atoms with Crippen molar-refractivity contribution < 1.29 is 4.74 Å². The molecule has 1 heterocycles. The summed E-state index contributed by atoms with van der Waals surface area (Å²) in [6.07, 6.45) is 4.96. The van der Waals surface area contributed by atoms with Crippen LogP contribution < -0.4 is 15.4 Å². The first-order valence-corrected chi connectivity index (χ1v) is 10.3. The zero-order valence-corrected chi connectivity index (χ0v) is 21.0. The Bertz CT molecular complexity index is 966. The number of nitrogens with zero attached hydrogens (tertiary/aromatic N) is 3. The second-order valence-electron chi connectivity index (χ2n) is 7.61. The third kappa shape index (κ3) is 8.24. The summed E-state index contributed by atoms with van der Waals surface area (Å²) in [7, 11) is 1.93. The fraction of sp³-hybridized carbons (Fsp3) is 0.333. The van der Waals surface area contributed by atoms with Crippen LogP contribution in [0.4, 0.5) is 5.69 Å². The number of nitrogens with one attached hydrogen (secondary N) is 2. The van der Waals surface area contributed by atoms with Gasteiger partial charge in [0.05, 0.1) is 18.8 Å². The summed E-state index contributed by atoms with van der Waals surface area (Å²) in [5.41, 5.74) is 4.61. The number of guanidine groups is 1. The van der Waals surface area contributed by atoms with Gasteiger partial charge in [0.2, 0.25) is 0 Å². The number of aromatic nitrogens is 2. The van der Waals surface area contributed by atoms with Crippen LogP contribution in [0, 0.1) is 6.92 Å². The Morgan fingerprint density at radius 3 is 2.52 bits per heavy atom. The largest absolute Gasteiger partial charge is 0.491 e. The van der Waals surface area contributed by atoms with Crippen molar-refractivity contribution in [1.82, 2.24) is 15.1 Å². The smallest absolute Gasteiger partial charge is 0.196 e. The Hall–Kier alpha value is -2.55. The first kappa shape index (κ1) is 24.7. The quantitative estimate of drug-likeness (QED) is 0.245. The van der Waals surface area contributed by atoms with Gasteiger partial charge in [-0.3, -0.25) is 4.68 Å². The monoisotopic (exact) mass is 533 g/mol. The summed E-state index contributed by atoms with van der Waals surface area (Å²) in [5.74, 6) is 1.61. The highest BCUT2D eigenvalue weighted by atomic mass is 127. The lowest BCUT2D eigenvalue weighted by Gasteiger charge is -2.14. The molecule has 3 aromatic rings. The molecule has 0 unspecified atom stereocenters. The molecule has 31 heavy (non-hydrogen) atoms. The molecule has 0 aliphatic carbocycles. The maximum Gasteiger partial charge on any atom is 0.196 e. The van der Waals surface area contributed by atoms with Gasteiger partial charge < -0.3 is 15.4 Å². The van der Waals surface area contributed by atoms with E-state index in [0.29, 0.717) is 6.54 Å². The molecule has 0 radical (unpaired) electrons. The molecule has 1 aromatic heterocycles. The zero-order chi connectivity index (χ0) is 21.3. The molecule has 0 bridgehead atoms. The lowest BCUT2D eigenvalue weighted by molar-refractivity contribution is 0.242. The second kappa shape index (κ2) is 12.3.